The van der Waals surface area contributed by atoms with Gasteiger partial charge in [-0.1, -0.05) is 0 Å². The van der Waals surface area contributed by atoms with E-state index in [0.717, 1.165) is 0 Å². The lowest BCUT2D eigenvalue weighted by atomic mass is 9.97. The number of halogens is 1. The number of rotatable bonds is 2. The van der Waals surface area contributed by atoms with Crippen LogP contribution < -0.4 is 5.73 Å². The van der Waals surface area contributed by atoms with Crippen molar-refractivity contribution in [3.8, 4) is 0 Å². The first-order valence-corrected chi connectivity index (χ1v) is 7.26. The molecule has 1 unspecified atom stereocenters. The molecule has 1 fully saturated rings. The third-order valence-corrected chi connectivity index (χ3v) is 4.39. The van der Waals surface area contributed by atoms with Crippen LogP contribution in [0.25, 0.3) is 11.0 Å². The van der Waals surface area contributed by atoms with Crippen LogP contribution in [-0.2, 0) is 4.74 Å². The maximum Gasteiger partial charge on any atom is 0.183 e. The quantitative estimate of drug-likeness (QED) is 0.466. The van der Waals surface area contributed by atoms with Gasteiger partial charge in [-0.3, -0.25) is 0 Å². The lowest BCUT2D eigenvalue weighted by Crippen LogP contribution is -2.44. The van der Waals surface area contributed by atoms with Crippen LogP contribution in [-0.4, -0.2) is 59.5 Å². The summed E-state index contributed by atoms with van der Waals surface area (Å²) in [5.74, 6) is 0.271. The SMILES string of the molecule is C[C@]1(O)C(n2nc(I)c3c(N)ncnc32)O[C@H](CO)[C@H]1O. The van der Waals surface area contributed by atoms with E-state index in [1.54, 1.807) is 0 Å². The van der Waals surface area contributed by atoms with Crippen molar-refractivity contribution in [1.29, 1.82) is 0 Å². The molecule has 3 rings (SSSR count). The van der Waals surface area contributed by atoms with E-state index in [1.165, 1.54) is 17.9 Å². The Bertz CT molecular complexity index is 691. The molecule has 2 aromatic heterocycles. The van der Waals surface area contributed by atoms with Crippen LogP contribution in [0.4, 0.5) is 5.82 Å². The number of nitrogens with two attached hydrogens (primary N) is 1. The second-order valence-corrected chi connectivity index (χ2v) is 6.09. The molecule has 0 aromatic carbocycles. The van der Waals surface area contributed by atoms with Crippen LogP contribution >= 0.6 is 22.6 Å². The summed E-state index contributed by atoms with van der Waals surface area (Å²) >= 11 is 1.98. The summed E-state index contributed by atoms with van der Waals surface area (Å²) in [6.07, 6.45) is -1.86. The van der Waals surface area contributed by atoms with E-state index in [9.17, 15) is 15.3 Å². The molecule has 0 spiro atoms. The first-order valence-electron chi connectivity index (χ1n) is 6.19. The number of hydrogen-bond donors (Lipinski definition) is 4. The third-order valence-electron chi connectivity index (χ3n) is 3.63. The van der Waals surface area contributed by atoms with Crippen molar-refractivity contribution in [1.82, 2.24) is 19.7 Å². The zero-order valence-corrected chi connectivity index (χ0v) is 13.2. The smallest absolute Gasteiger partial charge is 0.183 e. The Hall–Kier alpha value is -1.08. The summed E-state index contributed by atoms with van der Waals surface area (Å²) in [7, 11) is 0. The highest BCUT2D eigenvalue weighted by atomic mass is 127. The minimum Gasteiger partial charge on any atom is -0.394 e. The van der Waals surface area contributed by atoms with Gasteiger partial charge in [0.05, 0.1) is 12.0 Å². The van der Waals surface area contributed by atoms with Gasteiger partial charge in [-0.2, -0.15) is 5.10 Å². The Labute approximate surface area is 132 Å². The molecule has 21 heavy (non-hydrogen) atoms. The Kier molecular flexibility index (Phi) is 3.52. The number of hydrogen-bond acceptors (Lipinski definition) is 8. The Morgan fingerprint density at radius 2 is 2.24 bits per heavy atom. The summed E-state index contributed by atoms with van der Waals surface area (Å²) in [6.45, 7) is 1.00. The normalized spacial score (nSPS) is 32.9. The highest BCUT2D eigenvalue weighted by molar-refractivity contribution is 14.1. The van der Waals surface area contributed by atoms with E-state index in [1.807, 2.05) is 22.6 Å². The summed E-state index contributed by atoms with van der Waals surface area (Å²) in [5, 5.41) is 34.6. The number of fused-ring (bicyclic) bond motifs is 1. The Morgan fingerprint density at radius 1 is 1.52 bits per heavy atom. The Balaban J connectivity index is 2.15. The highest BCUT2D eigenvalue weighted by Gasteiger charge is 2.53. The van der Waals surface area contributed by atoms with Crippen LogP contribution in [0.3, 0.4) is 0 Å². The van der Waals surface area contributed by atoms with Gasteiger partial charge in [0, 0.05) is 0 Å². The van der Waals surface area contributed by atoms with Gasteiger partial charge in [0.25, 0.3) is 0 Å². The van der Waals surface area contributed by atoms with E-state index in [0.29, 0.717) is 14.7 Å². The fourth-order valence-corrected chi connectivity index (χ4v) is 3.21. The summed E-state index contributed by atoms with van der Waals surface area (Å²) in [5.41, 5.74) is 4.58. The summed E-state index contributed by atoms with van der Waals surface area (Å²) in [4.78, 5) is 8.02. The molecule has 1 aliphatic rings. The monoisotopic (exact) mass is 407 g/mol. The number of ether oxygens (including phenoxy) is 1. The molecule has 0 bridgehead atoms. The van der Waals surface area contributed by atoms with Crippen LogP contribution in [0, 0.1) is 3.70 Å². The Morgan fingerprint density at radius 3 is 2.86 bits per heavy atom. The van der Waals surface area contributed by atoms with E-state index in [-0.39, 0.29) is 5.82 Å². The summed E-state index contributed by atoms with van der Waals surface area (Å²) < 4.78 is 7.44. The molecular formula is C11H14IN5O4. The molecule has 9 nitrogen and oxygen atoms in total. The van der Waals surface area contributed by atoms with Gasteiger partial charge in [0.1, 0.15) is 33.7 Å². The second-order valence-electron chi connectivity index (χ2n) is 5.07. The minimum atomic E-state index is -1.63. The largest absolute Gasteiger partial charge is 0.394 e. The molecule has 0 radical (unpaired) electrons. The maximum absolute atomic E-state index is 10.5. The molecule has 1 aliphatic heterocycles. The highest BCUT2D eigenvalue weighted by Crippen LogP contribution is 2.39. The summed E-state index contributed by atoms with van der Waals surface area (Å²) in [6, 6.07) is 0. The average molecular weight is 407 g/mol. The molecule has 4 atom stereocenters. The van der Waals surface area contributed by atoms with Crippen molar-refractivity contribution in [3.05, 3.63) is 10.0 Å². The van der Waals surface area contributed by atoms with E-state index in [2.05, 4.69) is 15.1 Å². The molecule has 0 amide bonds. The second kappa shape index (κ2) is 4.98. The number of anilines is 1. The average Bonchev–Trinajstić information content (AvgIpc) is 2.87. The number of aliphatic hydroxyl groups is 3. The van der Waals surface area contributed by atoms with Crippen molar-refractivity contribution < 1.29 is 20.1 Å². The third kappa shape index (κ3) is 2.09. The number of aromatic nitrogens is 4. The predicted molar refractivity (Wildman–Crippen MR) is 80.1 cm³/mol. The van der Waals surface area contributed by atoms with Gasteiger partial charge >= 0.3 is 0 Å². The van der Waals surface area contributed by atoms with Gasteiger partial charge in [-0.25, -0.2) is 14.6 Å². The molecule has 1 saturated heterocycles. The molecule has 2 aromatic rings. The van der Waals surface area contributed by atoms with Gasteiger partial charge in [-0.05, 0) is 29.5 Å². The lowest BCUT2D eigenvalue weighted by molar-refractivity contribution is -0.100. The molecular weight excluding hydrogens is 393 g/mol. The minimum absolute atomic E-state index is 0.271. The van der Waals surface area contributed by atoms with Gasteiger partial charge in [-0.15, -0.1) is 0 Å². The number of nitrogens with zero attached hydrogens (tertiary/aromatic N) is 4. The molecule has 3 heterocycles. The van der Waals surface area contributed by atoms with Gasteiger partial charge in [0.2, 0.25) is 0 Å². The predicted octanol–water partition coefficient (Wildman–Crippen LogP) is -0.985. The van der Waals surface area contributed by atoms with Crippen molar-refractivity contribution in [2.75, 3.05) is 12.3 Å². The molecule has 5 N–H and O–H groups in total. The first-order chi connectivity index (χ1) is 9.87. The van der Waals surface area contributed by atoms with E-state index < -0.39 is 30.6 Å². The van der Waals surface area contributed by atoms with Crippen molar-refractivity contribution in [3.63, 3.8) is 0 Å². The van der Waals surface area contributed by atoms with Crippen LogP contribution in [0.5, 0.6) is 0 Å². The fourth-order valence-electron chi connectivity index (χ4n) is 2.46. The van der Waals surface area contributed by atoms with E-state index >= 15 is 0 Å². The number of aliphatic hydroxyl groups excluding tert-OH is 2. The van der Waals surface area contributed by atoms with Crippen LogP contribution in [0.15, 0.2) is 6.33 Å². The molecule has 0 saturated carbocycles. The maximum atomic E-state index is 10.5. The zero-order chi connectivity index (χ0) is 15.4. The molecule has 10 heteroatoms. The topological polar surface area (TPSA) is 140 Å². The van der Waals surface area contributed by atoms with Crippen LogP contribution in [0.2, 0.25) is 0 Å². The zero-order valence-electron chi connectivity index (χ0n) is 11.0. The lowest BCUT2D eigenvalue weighted by Gasteiger charge is -2.26. The van der Waals surface area contributed by atoms with Gasteiger partial charge in [0.15, 0.2) is 11.9 Å². The van der Waals surface area contributed by atoms with Crippen LogP contribution in [0.1, 0.15) is 13.2 Å². The first kappa shape index (κ1) is 14.8. The van der Waals surface area contributed by atoms with Crippen molar-refractivity contribution in [2.24, 2.45) is 0 Å². The standard InChI is InChI=1S/C11H14IN5O4/c1-11(20)6(19)4(2-18)21-10(11)17-9-5(7(12)16-17)8(13)14-3-15-9/h3-4,6,10,18-20H,2H2,1H3,(H2,13,14,15)/t4-,6-,10?,11-/m1/s1. The fraction of sp³-hybridized carbons (Fsp3) is 0.545. The van der Waals surface area contributed by atoms with Gasteiger partial charge < -0.3 is 25.8 Å². The molecule has 0 aliphatic carbocycles. The van der Waals surface area contributed by atoms with E-state index in [4.69, 9.17) is 10.5 Å². The number of nitrogen functional groups attached to an aromatic ring is 1. The van der Waals surface area contributed by atoms with Crippen molar-refractivity contribution in [2.45, 2.75) is 31.0 Å². The molecule has 114 valence electrons. The van der Waals surface area contributed by atoms with Crippen molar-refractivity contribution >= 4 is 39.4 Å².